The molecule has 4 aromatic rings. The maximum atomic E-state index is 12.7. The van der Waals surface area contributed by atoms with Crippen molar-refractivity contribution in [3.8, 4) is 11.1 Å². The Balaban J connectivity index is 1.08. The van der Waals surface area contributed by atoms with Gasteiger partial charge >= 0.3 is 0 Å². The molecule has 4 atom stereocenters. The van der Waals surface area contributed by atoms with E-state index in [0.29, 0.717) is 25.3 Å². The molecule has 9 nitrogen and oxygen atoms in total. The number of carbonyl (C=O) groups excluding carboxylic acids is 1. The summed E-state index contributed by atoms with van der Waals surface area (Å²) in [5, 5.41) is 12.6. The summed E-state index contributed by atoms with van der Waals surface area (Å²) in [4.78, 5) is 19.2. The van der Waals surface area contributed by atoms with Crippen LogP contribution in [-0.2, 0) is 32.1 Å². The van der Waals surface area contributed by atoms with E-state index >= 15 is 0 Å². The van der Waals surface area contributed by atoms with Crippen molar-refractivity contribution in [2.24, 2.45) is 5.92 Å². The summed E-state index contributed by atoms with van der Waals surface area (Å²) in [6.45, 7) is 6.53. The van der Waals surface area contributed by atoms with Crippen LogP contribution in [0.15, 0.2) is 97.3 Å². The van der Waals surface area contributed by atoms with E-state index in [2.05, 4.69) is 64.6 Å². The van der Waals surface area contributed by atoms with Gasteiger partial charge in [-0.25, -0.2) is 0 Å². The molecule has 48 heavy (non-hydrogen) atoms. The number of nitrogens with one attached hydrogen (secondary N) is 1. The molecule has 2 N–H and O–H groups in total. The topological polar surface area (TPSA) is 102 Å². The van der Waals surface area contributed by atoms with Gasteiger partial charge in [0, 0.05) is 62.9 Å². The molecule has 1 amide bonds. The molecule has 0 radical (unpaired) electrons. The molecular weight excluding hydrogens is 606 g/mol. The summed E-state index contributed by atoms with van der Waals surface area (Å²) in [6, 6.07) is 28.0. The Morgan fingerprint density at radius 2 is 1.65 bits per heavy atom. The number of ether oxygens (including phenoxy) is 4. The molecule has 1 spiro atoms. The maximum absolute atomic E-state index is 12.7. The normalized spacial score (nSPS) is 24.0. The average molecular weight is 650 g/mol. The van der Waals surface area contributed by atoms with E-state index in [-0.39, 0.29) is 30.6 Å². The van der Waals surface area contributed by atoms with Gasteiger partial charge in [0.1, 0.15) is 0 Å². The highest BCUT2D eigenvalue weighted by Crippen LogP contribution is 2.43. The Hall–Kier alpha value is -3.96. The Morgan fingerprint density at radius 3 is 2.35 bits per heavy atom. The second-order valence-electron chi connectivity index (χ2n) is 12.9. The lowest BCUT2D eigenvalue weighted by Gasteiger charge is -2.44. The number of rotatable bonds is 9. The molecule has 1 aromatic heterocycles. The molecule has 3 aliphatic heterocycles. The largest absolute Gasteiger partial charge is 0.392 e. The van der Waals surface area contributed by atoms with Crippen molar-refractivity contribution >= 4 is 5.91 Å². The van der Waals surface area contributed by atoms with Crippen LogP contribution in [0.2, 0.25) is 0 Å². The molecule has 4 unspecified atom stereocenters. The van der Waals surface area contributed by atoms with E-state index in [9.17, 15) is 9.90 Å². The lowest BCUT2D eigenvalue weighted by molar-refractivity contribution is -0.278. The first-order valence-electron chi connectivity index (χ1n) is 16.9. The number of hydrogen-bond acceptors (Lipinski definition) is 8. The van der Waals surface area contributed by atoms with Crippen LogP contribution in [0.4, 0.5) is 0 Å². The molecule has 0 aliphatic carbocycles. The zero-order chi connectivity index (χ0) is 32.9. The third kappa shape index (κ3) is 7.22. The van der Waals surface area contributed by atoms with Gasteiger partial charge in [-0.15, -0.1) is 0 Å². The van der Waals surface area contributed by atoms with Crippen LogP contribution in [0.3, 0.4) is 0 Å². The molecule has 0 saturated carbocycles. The van der Waals surface area contributed by atoms with Crippen LogP contribution < -0.4 is 5.32 Å². The highest BCUT2D eigenvalue weighted by atomic mass is 16.7. The zero-order valence-corrected chi connectivity index (χ0v) is 27.3. The third-order valence-corrected chi connectivity index (χ3v) is 9.87. The molecule has 3 fully saturated rings. The second kappa shape index (κ2) is 14.7. The van der Waals surface area contributed by atoms with Gasteiger partial charge in [-0.2, -0.15) is 0 Å². The lowest BCUT2D eigenvalue weighted by Crippen LogP contribution is -2.50. The van der Waals surface area contributed by atoms with Gasteiger partial charge in [-0.3, -0.25) is 9.78 Å². The minimum absolute atomic E-state index is 0.00590. The van der Waals surface area contributed by atoms with E-state index < -0.39 is 12.1 Å². The minimum atomic E-state index is -0.547. The van der Waals surface area contributed by atoms with E-state index in [1.807, 2.05) is 30.3 Å². The number of benzene rings is 3. The van der Waals surface area contributed by atoms with E-state index in [1.165, 1.54) is 0 Å². The number of likely N-dealkylation sites (tertiary alicyclic amines) is 1. The summed E-state index contributed by atoms with van der Waals surface area (Å²) in [7, 11) is 0. The molecule has 3 aromatic carbocycles. The van der Waals surface area contributed by atoms with Gasteiger partial charge in [-0.05, 0) is 39.9 Å². The van der Waals surface area contributed by atoms with Gasteiger partial charge in [-0.1, -0.05) is 79.7 Å². The smallest absolute Gasteiger partial charge is 0.253 e. The quantitative estimate of drug-likeness (QED) is 0.235. The Bertz CT molecular complexity index is 1650. The first-order chi connectivity index (χ1) is 23.5. The number of nitrogens with zero attached hydrogens (tertiary/aromatic N) is 2. The van der Waals surface area contributed by atoms with Crippen molar-refractivity contribution < 1.29 is 28.8 Å². The van der Waals surface area contributed by atoms with Crippen LogP contribution in [0.1, 0.15) is 64.8 Å². The van der Waals surface area contributed by atoms with Gasteiger partial charge < -0.3 is 34.3 Å². The van der Waals surface area contributed by atoms with Crippen molar-refractivity contribution in [2.75, 3.05) is 32.8 Å². The number of aliphatic hydroxyl groups is 1. The summed E-state index contributed by atoms with van der Waals surface area (Å²) < 4.78 is 25.4. The number of amides is 1. The van der Waals surface area contributed by atoms with Crippen molar-refractivity contribution in [3.05, 3.63) is 125 Å². The summed E-state index contributed by atoms with van der Waals surface area (Å²) in [6.07, 6.45) is 4.15. The SMILES string of the molecule is CC1C(CN2CCC3(CC2)OCCO3)OC(c2ccc(-c3ccccc3CNC(=O)c3cccnc3)cc2)OC1c1ccc(CO)cc1. The highest BCUT2D eigenvalue weighted by Gasteiger charge is 2.43. The standard InChI is InChI=1S/C39H43N3O6/c1-27-35(25-42-19-16-39(17-20-42)45-21-22-46-39)47-38(48-36(27)30-10-8-28(26-43)9-11-30)31-14-12-29(13-15-31)34-7-3-2-5-32(34)24-41-37(44)33-6-4-18-40-23-33/h2-15,18,23,27,35-36,38,43H,16-17,19-22,24-26H2,1H3,(H,41,44). The second-order valence-corrected chi connectivity index (χ2v) is 12.9. The van der Waals surface area contributed by atoms with Crippen LogP contribution >= 0.6 is 0 Å². The van der Waals surface area contributed by atoms with Crippen LogP contribution in [0.25, 0.3) is 11.1 Å². The number of hydrogen-bond donors (Lipinski definition) is 2. The molecular formula is C39H43N3O6. The predicted molar refractivity (Wildman–Crippen MR) is 181 cm³/mol. The molecule has 0 bridgehead atoms. The molecule has 4 heterocycles. The first-order valence-corrected chi connectivity index (χ1v) is 16.9. The number of aromatic nitrogens is 1. The van der Waals surface area contributed by atoms with E-state index in [1.54, 1.807) is 24.5 Å². The van der Waals surface area contributed by atoms with Gasteiger partial charge in [0.15, 0.2) is 12.1 Å². The minimum Gasteiger partial charge on any atom is -0.392 e. The molecule has 3 saturated heterocycles. The lowest BCUT2D eigenvalue weighted by atomic mass is 9.89. The van der Waals surface area contributed by atoms with Crippen LogP contribution in [0.5, 0.6) is 0 Å². The monoisotopic (exact) mass is 649 g/mol. The highest BCUT2D eigenvalue weighted by molar-refractivity contribution is 5.93. The fourth-order valence-corrected chi connectivity index (χ4v) is 7.00. The Labute approximate surface area is 281 Å². The fraction of sp³-hybridized carbons (Fsp3) is 0.385. The van der Waals surface area contributed by atoms with Crippen LogP contribution in [0, 0.1) is 5.92 Å². The van der Waals surface area contributed by atoms with E-state index in [4.69, 9.17) is 18.9 Å². The average Bonchev–Trinajstić information content (AvgIpc) is 3.61. The number of piperidine rings is 1. The van der Waals surface area contributed by atoms with Gasteiger partial charge in [0.2, 0.25) is 0 Å². The summed E-state index contributed by atoms with van der Waals surface area (Å²) in [5.41, 5.74) is 6.53. The summed E-state index contributed by atoms with van der Waals surface area (Å²) >= 11 is 0. The number of pyridine rings is 1. The van der Waals surface area contributed by atoms with Crippen LogP contribution in [-0.4, -0.2) is 65.6 Å². The van der Waals surface area contributed by atoms with Crippen molar-refractivity contribution in [1.82, 2.24) is 15.2 Å². The van der Waals surface area contributed by atoms with Gasteiger partial charge in [0.05, 0.1) is 37.6 Å². The van der Waals surface area contributed by atoms with E-state index in [0.717, 1.165) is 65.9 Å². The van der Waals surface area contributed by atoms with Crippen molar-refractivity contribution in [2.45, 2.75) is 57.2 Å². The predicted octanol–water partition coefficient (Wildman–Crippen LogP) is 5.80. The Kier molecular flexibility index (Phi) is 9.95. The molecule has 250 valence electrons. The Morgan fingerprint density at radius 1 is 0.917 bits per heavy atom. The summed E-state index contributed by atoms with van der Waals surface area (Å²) in [5.74, 6) is -0.471. The number of carbonyl (C=O) groups is 1. The van der Waals surface area contributed by atoms with Crippen molar-refractivity contribution in [1.29, 1.82) is 0 Å². The third-order valence-electron chi connectivity index (χ3n) is 9.87. The van der Waals surface area contributed by atoms with Gasteiger partial charge in [0.25, 0.3) is 5.91 Å². The molecule has 7 rings (SSSR count). The maximum Gasteiger partial charge on any atom is 0.253 e. The fourth-order valence-electron chi connectivity index (χ4n) is 7.00. The number of aliphatic hydroxyl groups excluding tert-OH is 1. The molecule has 9 heteroatoms. The zero-order valence-electron chi connectivity index (χ0n) is 27.3. The molecule has 3 aliphatic rings. The van der Waals surface area contributed by atoms with Crippen molar-refractivity contribution in [3.63, 3.8) is 0 Å². The first kappa shape index (κ1) is 32.6.